The number of aromatic nitrogens is 2. The second-order valence-corrected chi connectivity index (χ2v) is 6.40. The molecule has 0 aliphatic rings. The number of anilines is 2. The summed E-state index contributed by atoms with van der Waals surface area (Å²) in [5.74, 6) is -0.118. The van der Waals surface area contributed by atoms with Crippen LogP contribution in [0, 0.1) is 0 Å². The van der Waals surface area contributed by atoms with Crippen LogP contribution in [0.5, 0.6) is 0 Å². The maximum Gasteiger partial charge on any atom is 0.433 e. The van der Waals surface area contributed by atoms with Crippen molar-refractivity contribution in [2.24, 2.45) is 0 Å². The van der Waals surface area contributed by atoms with Crippen LogP contribution in [0.2, 0.25) is 5.02 Å². The largest absolute Gasteiger partial charge is 0.433 e. The normalized spacial score (nSPS) is 14.1. The van der Waals surface area contributed by atoms with Crippen LogP contribution in [-0.2, 0) is 11.8 Å². The molecule has 1 unspecified atom stereocenters. The second-order valence-electron chi connectivity index (χ2n) is 5.96. The fraction of sp³-hybridized carbons (Fsp3) is 0.375. The first-order valence-electron chi connectivity index (χ1n) is 7.35. The van der Waals surface area contributed by atoms with Crippen molar-refractivity contribution < 1.29 is 18.3 Å². The number of alkyl halides is 3. The first-order valence-corrected chi connectivity index (χ1v) is 7.73. The van der Waals surface area contributed by atoms with Gasteiger partial charge in [0.1, 0.15) is 11.4 Å². The molecule has 1 aromatic carbocycles. The summed E-state index contributed by atoms with van der Waals surface area (Å²) in [7, 11) is 3.16. The van der Waals surface area contributed by atoms with Gasteiger partial charge in [-0.3, -0.25) is 0 Å². The molecule has 0 bridgehead atoms. The van der Waals surface area contributed by atoms with Gasteiger partial charge in [0.25, 0.3) is 0 Å². The molecule has 0 aliphatic carbocycles. The van der Waals surface area contributed by atoms with E-state index in [1.54, 1.807) is 38.4 Å². The smallest absolute Gasteiger partial charge is 0.384 e. The molecule has 0 saturated carbocycles. The van der Waals surface area contributed by atoms with E-state index < -0.39 is 17.5 Å². The van der Waals surface area contributed by atoms with Crippen LogP contribution in [0.1, 0.15) is 18.2 Å². The molecule has 1 aromatic heterocycles. The Balaban J connectivity index is 2.26. The van der Waals surface area contributed by atoms with Gasteiger partial charge in [-0.15, -0.1) is 0 Å². The van der Waals surface area contributed by atoms with Crippen LogP contribution in [-0.4, -0.2) is 35.7 Å². The molecule has 0 amide bonds. The van der Waals surface area contributed by atoms with Crippen molar-refractivity contribution in [1.82, 2.24) is 9.97 Å². The number of nitrogens with zero attached hydrogens (tertiary/aromatic N) is 3. The van der Waals surface area contributed by atoms with Gasteiger partial charge in [0.05, 0.1) is 6.54 Å². The summed E-state index contributed by atoms with van der Waals surface area (Å²) in [6, 6.07) is 7.46. The van der Waals surface area contributed by atoms with Gasteiger partial charge in [-0.2, -0.15) is 18.2 Å². The van der Waals surface area contributed by atoms with E-state index in [-0.39, 0.29) is 18.3 Å². The molecule has 2 N–H and O–H groups in total. The van der Waals surface area contributed by atoms with Crippen molar-refractivity contribution in [1.29, 1.82) is 0 Å². The molecule has 0 spiro atoms. The highest BCUT2D eigenvalue weighted by atomic mass is 35.5. The van der Waals surface area contributed by atoms with E-state index in [9.17, 15) is 18.3 Å². The standard InChI is InChI=1S/C16H18ClF3N4O/c1-15(25,10-5-4-6-11(17)7-10)9-21-14-22-12(16(18,19)20)8-13(23-14)24(2)3/h4-8,25H,9H2,1-3H3,(H,21,22,23). The summed E-state index contributed by atoms with van der Waals surface area (Å²) >= 11 is 5.91. The summed E-state index contributed by atoms with van der Waals surface area (Å²) in [6.07, 6.45) is -4.60. The Morgan fingerprint density at radius 2 is 1.88 bits per heavy atom. The Bertz CT molecular complexity index is 750. The van der Waals surface area contributed by atoms with Gasteiger partial charge in [0.15, 0.2) is 5.69 Å². The van der Waals surface area contributed by atoms with Crippen molar-refractivity contribution in [3.05, 3.63) is 46.6 Å². The summed E-state index contributed by atoms with van der Waals surface area (Å²) < 4.78 is 39.0. The maximum atomic E-state index is 13.0. The Morgan fingerprint density at radius 3 is 2.44 bits per heavy atom. The van der Waals surface area contributed by atoms with Crippen LogP contribution in [0.25, 0.3) is 0 Å². The summed E-state index contributed by atoms with van der Waals surface area (Å²) in [5.41, 5.74) is -1.91. The topological polar surface area (TPSA) is 61.3 Å². The first-order chi connectivity index (χ1) is 11.5. The highest BCUT2D eigenvalue weighted by Gasteiger charge is 2.34. The van der Waals surface area contributed by atoms with Crippen molar-refractivity contribution >= 4 is 23.4 Å². The van der Waals surface area contributed by atoms with Crippen LogP contribution in [0.15, 0.2) is 30.3 Å². The number of benzene rings is 1. The minimum Gasteiger partial charge on any atom is -0.384 e. The van der Waals surface area contributed by atoms with E-state index in [0.717, 1.165) is 6.07 Å². The average molecular weight is 375 g/mol. The molecular weight excluding hydrogens is 357 g/mol. The van der Waals surface area contributed by atoms with Gasteiger partial charge in [0, 0.05) is 25.2 Å². The Kier molecular flexibility index (Phi) is 5.43. The van der Waals surface area contributed by atoms with Gasteiger partial charge in [-0.05, 0) is 24.6 Å². The fourth-order valence-corrected chi connectivity index (χ4v) is 2.25. The highest BCUT2D eigenvalue weighted by molar-refractivity contribution is 6.30. The lowest BCUT2D eigenvalue weighted by Crippen LogP contribution is -2.31. The van der Waals surface area contributed by atoms with E-state index in [1.807, 2.05) is 0 Å². The van der Waals surface area contributed by atoms with Gasteiger partial charge in [0.2, 0.25) is 5.95 Å². The third-order valence-electron chi connectivity index (χ3n) is 3.50. The van der Waals surface area contributed by atoms with Crippen LogP contribution < -0.4 is 10.2 Å². The number of nitrogens with one attached hydrogen (secondary N) is 1. The second kappa shape index (κ2) is 7.05. The lowest BCUT2D eigenvalue weighted by atomic mass is 9.96. The Morgan fingerprint density at radius 1 is 1.20 bits per heavy atom. The van der Waals surface area contributed by atoms with Gasteiger partial charge < -0.3 is 15.3 Å². The van der Waals surface area contributed by atoms with Crippen LogP contribution >= 0.6 is 11.6 Å². The van der Waals surface area contributed by atoms with E-state index in [1.165, 1.54) is 11.8 Å². The molecule has 0 saturated heterocycles. The minimum absolute atomic E-state index is 0.0957. The predicted octanol–water partition coefficient (Wildman–Crippen LogP) is 3.53. The van der Waals surface area contributed by atoms with Gasteiger partial charge >= 0.3 is 6.18 Å². The lowest BCUT2D eigenvalue weighted by molar-refractivity contribution is -0.141. The molecule has 2 aromatic rings. The third-order valence-corrected chi connectivity index (χ3v) is 3.73. The molecular formula is C16H18ClF3N4O. The van der Waals surface area contributed by atoms with Crippen molar-refractivity contribution in [3.8, 4) is 0 Å². The average Bonchev–Trinajstić information content (AvgIpc) is 2.52. The molecule has 136 valence electrons. The van der Waals surface area contributed by atoms with Crippen LogP contribution in [0.4, 0.5) is 24.9 Å². The van der Waals surface area contributed by atoms with Crippen molar-refractivity contribution in [2.45, 2.75) is 18.7 Å². The molecule has 9 heteroatoms. The molecule has 2 rings (SSSR count). The Labute approximate surface area is 148 Å². The van der Waals surface area contributed by atoms with E-state index in [2.05, 4.69) is 15.3 Å². The molecule has 0 aliphatic heterocycles. The zero-order valence-corrected chi connectivity index (χ0v) is 14.7. The molecule has 5 nitrogen and oxygen atoms in total. The number of rotatable bonds is 5. The Hall–Kier alpha value is -2.06. The SMILES string of the molecule is CN(C)c1cc(C(F)(F)F)nc(NCC(C)(O)c2cccc(Cl)c2)n1. The summed E-state index contributed by atoms with van der Waals surface area (Å²) in [6.45, 7) is 1.42. The van der Waals surface area contributed by atoms with Gasteiger partial charge in [-0.1, -0.05) is 23.7 Å². The predicted molar refractivity (Wildman–Crippen MR) is 90.9 cm³/mol. The molecule has 1 heterocycles. The lowest BCUT2D eigenvalue weighted by Gasteiger charge is -2.25. The molecule has 0 fully saturated rings. The van der Waals surface area contributed by atoms with Gasteiger partial charge in [-0.25, -0.2) is 4.98 Å². The molecule has 25 heavy (non-hydrogen) atoms. The number of halogens is 4. The van der Waals surface area contributed by atoms with Crippen molar-refractivity contribution in [2.75, 3.05) is 30.9 Å². The molecule has 1 atom stereocenters. The minimum atomic E-state index is -4.60. The monoisotopic (exact) mass is 374 g/mol. The molecule has 0 radical (unpaired) electrons. The van der Waals surface area contributed by atoms with E-state index in [0.29, 0.717) is 10.6 Å². The number of hydrogen-bond donors (Lipinski definition) is 2. The van der Waals surface area contributed by atoms with Crippen molar-refractivity contribution in [3.63, 3.8) is 0 Å². The summed E-state index contributed by atoms with van der Waals surface area (Å²) in [4.78, 5) is 8.96. The maximum absolute atomic E-state index is 13.0. The van der Waals surface area contributed by atoms with E-state index >= 15 is 0 Å². The fourth-order valence-electron chi connectivity index (χ4n) is 2.06. The zero-order valence-electron chi connectivity index (χ0n) is 13.9. The zero-order chi connectivity index (χ0) is 18.8. The third kappa shape index (κ3) is 4.96. The quantitative estimate of drug-likeness (QED) is 0.838. The number of aliphatic hydroxyl groups is 1. The number of hydrogen-bond acceptors (Lipinski definition) is 5. The van der Waals surface area contributed by atoms with Crippen LogP contribution in [0.3, 0.4) is 0 Å². The highest BCUT2D eigenvalue weighted by Crippen LogP contribution is 2.30. The first kappa shape index (κ1) is 19.3. The summed E-state index contributed by atoms with van der Waals surface area (Å²) in [5, 5.41) is 13.7. The van der Waals surface area contributed by atoms with E-state index in [4.69, 9.17) is 11.6 Å².